The standard InChI is InChI=1S/C26H20OS2/c1-15-13-17-6-11-21-23(25(17)28-15)22-12-7-18-14-20(29-26(18)24(21)22)10-5-16-3-8-19(27-2)9-4-16/h3-4,6-9,11-14H,5,10H2,1-2H3. The summed E-state index contributed by atoms with van der Waals surface area (Å²) in [4.78, 5) is 2.85. The maximum Gasteiger partial charge on any atom is 0.118 e. The number of hydrogen-bond acceptors (Lipinski definition) is 3. The van der Waals surface area contributed by atoms with Gasteiger partial charge in [0.15, 0.2) is 0 Å². The Hall–Kier alpha value is -2.62. The summed E-state index contributed by atoms with van der Waals surface area (Å²) in [7, 11) is 1.71. The van der Waals surface area contributed by atoms with Crippen LogP contribution in [0.25, 0.3) is 42.4 Å². The molecule has 0 saturated heterocycles. The van der Waals surface area contributed by atoms with Crippen molar-refractivity contribution >= 4 is 42.8 Å². The first-order chi connectivity index (χ1) is 14.2. The highest BCUT2D eigenvalue weighted by molar-refractivity contribution is 7.20. The van der Waals surface area contributed by atoms with Gasteiger partial charge in [-0.05, 0) is 71.5 Å². The van der Waals surface area contributed by atoms with Crippen LogP contribution < -0.4 is 4.74 Å². The third-order valence-electron chi connectivity index (χ3n) is 5.91. The average Bonchev–Trinajstić information content (AvgIpc) is 3.30. The highest BCUT2D eigenvalue weighted by atomic mass is 32.1. The Labute approximate surface area is 178 Å². The van der Waals surface area contributed by atoms with E-state index in [2.05, 4.69) is 55.5 Å². The molecule has 0 N–H and O–H groups in total. The van der Waals surface area contributed by atoms with Crippen LogP contribution in [0.15, 0.2) is 60.7 Å². The molecule has 3 heteroatoms. The molecule has 29 heavy (non-hydrogen) atoms. The SMILES string of the molecule is COc1ccc(CCc2cc3ccc4c(c3s2)-c2ccc3cc(C)sc3c2-4)cc1. The van der Waals surface area contributed by atoms with E-state index in [0.717, 1.165) is 18.6 Å². The number of methoxy groups -OCH3 is 1. The van der Waals surface area contributed by atoms with Gasteiger partial charge < -0.3 is 4.74 Å². The molecule has 0 spiro atoms. The summed E-state index contributed by atoms with van der Waals surface area (Å²) in [5.41, 5.74) is 7.15. The van der Waals surface area contributed by atoms with Crippen molar-refractivity contribution in [3.63, 3.8) is 0 Å². The summed E-state index contributed by atoms with van der Waals surface area (Å²) >= 11 is 3.89. The number of aryl methyl sites for hydroxylation is 3. The summed E-state index contributed by atoms with van der Waals surface area (Å²) in [6.07, 6.45) is 2.14. The van der Waals surface area contributed by atoms with Crippen LogP contribution in [-0.2, 0) is 12.8 Å². The van der Waals surface area contributed by atoms with Crippen LogP contribution in [0, 0.1) is 6.92 Å². The predicted molar refractivity (Wildman–Crippen MR) is 127 cm³/mol. The van der Waals surface area contributed by atoms with E-state index >= 15 is 0 Å². The number of rotatable bonds is 4. The molecule has 1 aliphatic rings. The maximum absolute atomic E-state index is 5.26. The molecule has 0 unspecified atom stereocenters. The van der Waals surface area contributed by atoms with Gasteiger partial charge in [0.05, 0.1) is 7.11 Å². The van der Waals surface area contributed by atoms with E-state index in [1.807, 2.05) is 34.8 Å². The Morgan fingerprint density at radius 2 is 1.38 bits per heavy atom. The smallest absolute Gasteiger partial charge is 0.118 e. The molecule has 2 heterocycles. The van der Waals surface area contributed by atoms with Crippen molar-refractivity contribution in [2.24, 2.45) is 0 Å². The molecule has 5 aromatic rings. The fourth-order valence-corrected chi connectivity index (χ4v) is 6.75. The summed E-state index contributed by atoms with van der Waals surface area (Å²) in [6, 6.07) is 22.4. The largest absolute Gasteiger partial charge is 0.497 e. The van der Waals surface area contributed by atoms with Crippen LogP contribution in [0.2, 0.25) is 0 Å². The molecule has 0 radical (unpaired) electrons. The zero-order chi connectivity index (χ0) is 19.5. The van der Waals surface area contributed by atoms with Gasteiger partial charge in [-0.25, -0.2) is 0 Å². The van der Waals surface area contributed by atoms with Gasteiger partial charge in [-0.15, -0.1) is 22.7 Å². The van der Waals surface area contributed by atoms with Crippen LogP contribution in [0.1, 0.15) is 15.3 Å². The van der Waals surface area contributed by atoms with Crippen LogP contribution in [0.4, 0.5) is 0 Å². The van der Waals surface area contributed by atoms with E-state index in [-0.39, 0.29) is 0 Å². The highest BCUT2D eigenvalue weighted by Crippen LogP contribution is 2.56. The molecule has 0 fully saturated rings. The zero-order valence-electron chi connectivity index (χ0n) is 16.4. The molecule has 0 amide bonds. The van der Waals surface area contributed by atoms with Crippen LogP contribution in [-0.4, -0.2) is 7.11 Å². The van der Waals surface area contributed by atoms with Gasteiger partial charge in [0.25, 0.3) is 0 Å². The summed E-state index contributed by atoms with van der Waals surface area (Å²) in [5, 5.41) is 2.76. The van der Waals surface area contributed by atoms with Gasteiger partial charge in [0.1, 0.15) is 5.75 Å². The number of fused-ring (bicyclic) bond motifs is 8. The summed E-state index contributed by atoms with van der Waals surface area (Å²) < 4.78 is 8.16. The van der Waals surface area contributed by atoms with Crippen molar-refractivity contribution in [1.82, 2.24) is 0 Å². The average molecular weight is 413 g/mol. The van der Waals surface area contributed by atoms with Crippen molar-refractivity contribution in [2.45, 2.75) is 19.8 Å². The van der Waals surface area contributed by atoms with Crippen molar-refractivity contribution in [3.05, 3.63) is 76.0 Å². The van der Waals surface area contributed by atoms with Crippen molar-refractivity contribution < 1.29 is 4.74 Å². The van der Waals surface area contributed by atoms with Crippen molar-refractivity contribution in [1.29, 1.82) is 0 Å². The Morgan fingerprint density at radius 1 is 0.724 bits per heavy atom. The van der Waals surface area contributed by atoms with Gasteiger partial charge >= 0.3 is 0 Å². The maximum atomic E-state index is 5.26. The molecule has 142 valence electrons. The van der Waals surface area contributed by atoms with Crippen LogP contribution in [0.5, 0.6) is 5.75 Å². The van der Waals surface area contributed by atoms with E-state index in [1.165, 1.54) is 57.7 Å². The second-order valence-electron chi connectivity index (χ2n) is 7.73. The summed E-state index contributed by atoms with van der Waals surface area (Å²) in [6.45, 7) is 2.20. The Kier molecular flexibility index (Phi) is 3.84. The topological polar surface area (TPSA) is 9.23 Å². The third-order valence-corrected chi connectivity index (χ3v) is 8.22. The minimum absolute atomic E-state index is 0.920. The molecule has 0 bridgehead atoms. The van der Waals surface area contributed by atoms with Gasteiger partial charge in [-0.1, -0.05) is 36.4 Å². The molecule has 3 aromatic carbocycles. The number of ether oxygens (including phenoxy) is 1. The van der Waals surface area contributed by atoms with Gasteiger partial charge in [0.2, 0.25) is 0 Å². The first-order valence-electron chi connectivity index (χ1n) is 9.93. The van der Waals surface area contributed by atoms with E-state index in [1.54, 1.807) is 7.11 Å². The number of thiophene rings is 2. The minimum atomic E-state index is 0.920. The summed E-state index contributed by atoms with van der Waals surface area (Å²) in [5.74, 6) is 0.920. The van der Waals surface area contributed by atoms with Gasteiger partial charge in [-0.3, -0.25) is 0 Å². The molecule has 0 atom stereocenters. The Bertz CT molecular complexity index is 1390. The van der Waals surface area contributed by atoms with Crippen LogP contribution in [0.3, 0.4) is 0 Å². The molecule has 1 nitrogen and oxygen atoms in total. The lowest BCUT2D eigenvalue weighted by Gasteiger charge is -2.25. The highest BCUT2D eigenvalue weighted by Gasteiger charge is 2.28. The number of benzene rings is 3. The predicted octanol–water partition coefficient (Wildman–Crippen LogP) is 7.87. The Morgan fingerprint density at radius 3 is 2.07 bits per heavy atom. The van der Waals surface area contributed by atoms with Gasteiger partial charge in [-0.2, -0.15) is 0 Å². The minimum Gasteiger partial charge on any atom is -0.497 e. The van der Waals surface area contributed by atoms with Crippen molar-refractivity contribution in [2.75, 3.05) is 7.11 Å². The first-order valence-corrected chi connectivity index (χ1v) is 11.6. The normalized spacial score (nSPS) is 12.1. The van der Waals surface area contributed by atoms with Gasteiger partial charge in [0, 0.05) is 30.3 Å². The lowest BCUT2D eigenvalue weighted by molar-refractivity contribution is 0.414. The third kappa shape index (κ3) is 2.65. The lowest BCUT2D eigenvalue weighted by Crippen LogP contribution is -1.98. The molecular formula is C26H20OS2. The molecule has 1 aliphatic carbocycles. The lowest BCUT2D eigenvalue weighted by atomic mass is 9.79. The van der Waals surface area contributed by atoms with E-state index in [0.29, 0.717) is 0 Å². The fourth-order valence-electron chi connectivity index (χ4n) is 4.46. The van der Waals surface area contributed by atoms with E-state index in [4.69, 9.17) is 4.74 Å². The fraction of sp³-hybridized carbons (Fsp3) is 0.154. The Balaban J connectivity index is 1.34. The van der Waals surface area contributed by atoms with Crippen molar-refractivity contribution in [3.8, 4) is 28.0 Å². The quantitative estimate of drug-likeness (QED) is 0.286. The molecule has 2 aromatic heterocycles. The van der Waals surface area contributed by atoms with E-state index < -0.39 is 0 Å². The number of hydrogen-bond donors (Lipinski definition) is 0. The molecule has 0 aliphatic heterocycles. The molecular weight excluding hydrogens is 392 g/mol. The monoisotopic (exact) mass is 412 g/mol. The van der Waals surface area contributed by atoms with Crippen LogP contribution >= 0.6 is 22.7 Å². The first kappa shape index (κ1) is 17.3. The zero-order valence-corrected chi connectivity index (χ0v) is 18.0. The second-order valence-corrected chi connectivity index (χ2v) is 10.1. The van der Waals surface area contributed by atoms with E-state index in [9.17, 15) is 0 Å². The molecule has 6 rings (SSSR count). The second kappa shape index (κ2) is 6.45. The molecule has 0 saturated carbocycles.